The molecule has 1 nitrogen and oxygen atoms in total. The zero-order valence-corrected chi connectivity index (χ0v) is 35.1. The van der Waals surface area contributed by atoms with Gasteiger partial charge >= 0.3 is 0 Å². The second-order valence-corrected chi connectivity index (χ2v) is 17.1. The van der Waals surface area contributed by atoms with Crippen molar-refractivity contribution in [2.45, 2.75) is 5.41 Å². The Hall–Kier alpha value is -8.26. The predicted octanol–water partition coefficient (Wildman–Crippen LogP) is 16.8. The van der Waals surface area contributed by atoms with Crippen LogP contribution < -0.4 is 4.90 Å². The first-order valence-corrected chi connectivity index (χ1v) is 22.3. The maximum absolute atomic E-state index is 2.53. The normalized spacial score (nSPS) is 12.8. The van der Waals surface area contributed by atoms with Crippen LogP contribution in [0.5, 0.6) is 0 Å². The molecule has 64 heavy (non-hydrogen) atoms. The van der Waals surface area contributed by atoms with Crippen LogP contribution in [-0.4, -0.2) is 0 Å². The van der Waals surface area contributed by atoms with Crippen LogP contribution in [0.1, 0.15) is 22.3 Å². The molecule has 0 amide bonds. The van der Waals surface area contributed by atoms with Crippen LogP contribution in [0.25, 0.3) is 77.2 Å². The lowest BCUT2D eigenvalue weighted by molar-refractivity contribution is 0.793. The van der Waals surface area contributed by atoms with Gasteiger partial charge in [0.2, 0.25) is 0 Å². The van der Waals surface area contributed by atoms with Crippen LogP contribution in [0.4, 0.5) is 17.1 Å². The fourth-order valence-corrected chi connectivity index (χ4v) is 11.2. The first-order valence-electron chi connectivity index (χ1n) is 22.3. The summed E-state index contributed by atoms with van der Waals surface area (Å²) in [6, 6.07) is 92.3. The lowest BCUT2D eigenvalue weighted by Crippen LogP contribution is -2.26. The van der Waals surface area contributed by atoms with Crippen molar-refractivity contribution < 1.29 is 0 Å². The summed E-state index contributed by atoms with van der Waals surface area (Å²) >= 11 is 0. The first-order chi connectivity index (χ1) is 31.8. The van der Waals surface area contributed by atoms with E-state index in [0.29, 0.717) is 0 Å². The van der Waals surface area contributed by atoms with Crippen molar-refractivity contribution >= 4 is 38.6 Å². The van der Waals surface area contributed by atoms with Gasteiger partial charge in [0.25, 0.3) is 0 Å². The number of hydrogen-bond donors (Lipinski definition) is 0. The van der Waals surface area contributed by atoms with Gasteiger partial charge in [-0.1, -0.05) is 218 Å². The number of rotatable bonds is 6. The predicted molar refractivity (Wildman–Crippen MR) is 269 cm³/mol. The summed E-state index contributed by atoms with van der Waals surface area (Å²) in [5.41, 5.74) is 20.5. The van der Waals surface area contributed by atoms with Gasteiger partial charge in [-0.25, -0.2) is 0 Å². The Bertz CT molecular complexity index is 3560. The second kappa shape index (κ2) is 14.4. The zero-order valence-electron chi connectivity index (χ0n) is 35.1. The third kappa shape index (κ3) is 5.31. The number of anilines is 3. The van der Waals surface area contributed by atoms with E-state index in [1.165, 1.54) is 99.4 Å². The SMILES string of the molecule is c1ccc(-c2ccccc2-c2c(-c3ccccc3)cccc2N(c2ccc3c(c2)C2(c4ccccc4-c4ccccc42)c2ccccc2-3)c2ccc3c(ccc4ccccc43)c2)cc1. The minimum Gasteiger partial charge on any atom is -0.310 e. The maximum atomic E-state index is 2.53. The molecule has 13 rings (SSSR count). The van der Waals surface area contributed by atoms with E-state index in [-0.39, 0.29) is 0 Å². The molecule has 0 bridgehead atoms. The number of hydrogen-bond acceptors (Lipinski definition) is 1. The molecule has 11 aromatic carbocycles. The van der Waals surface area contributed by atoms with E-state index in [0.717, 1.165) is 17.1 Å². The summed E-state index contributed by atoms with van der Waals surface area (Å²) in [4.78, 5) is 2.53. The Balaban J connectivity index is 1.13. The quantitative estimate of drug-likeness (QED) is 0.151. The van der Waals surface area contributed by atoms with Crippen molar-refractivity contribution in [1.29, 1.82) is 0 Å². The van der Waals surface area contributed by atoms with E-state index >= 15 is 0 Å². The molecule has 0 N–H and O–H groups in total. The largest absolute Gasteiger partial charge is 0.310 e. The molecule has 0 aromatic heterocycles. The summed E-state index contributed by atoms with van der Waals surface area (Å²) in [5, 5.41) is 4.96. The topological polar surface area (TPSA) is 3.24 Å². The molecular weight excluding hydrogens is 771 g/mol. The van der Waals surface area contributed by atoms with Gasteiger partial charge in [-0.05, 0) is 124 Å². The Labute approximate surface area is 373 Å². The highest BCUT2D eigenvalue weighted by atomic mass is 15.1. The Kier molecular flexibility index (Phi) is 8.20. The highest BCUT2D eigenvalue weighted by Gasteiger charge is 2.51. The van der Waals surface area contributed by atoms with Crippen LogP contribution in [0, 0.1) is 0 Å². The van der Waals surface area contributed by atoms with Crippen molar-refractivity contribution in [3.05, 3.63) is 271 Å². The van der Waals surface area contributed by atoms with Crippen LogP contribution in [0.15, 0.2) is 249 Å². The lowest BCUT2D eigenvalue weighted by Gasteiger charge is -2.33. The highest BCUT2D eigenvalue weighted by Crippen LogP contribution is 2.63. The Morgan fingerprint density at radius 2 is 0.734 bits per heavy atom. The average Bonchev–Trinajstić information content (AvgIpc) is 3.84. The molecule has 0 saturated carbocycles. The van der Waals surface area contributed by atoms with Gasteiger partial charge < -0.3 is 4.90 Å². The van der Waals surface area contributed by atoms with Gasteiger partial charge in [0, 0.05) is 16.9 Å². The van der Waals surface area contributed by atoms with Crippen molar-refractivity contribution in [1.82, 2.24) is 0 Å². The van der Waals surface area contributed by atoms with Gasteiger partial charge in [0.15, 0.2) is 0 Å². The summed E-state index contributed by atoms with van der Waals surface area (Å²) in [5.74, 6) is 0. The molecular formula is C63H41N. The third-order valence-electron chi connectivity index (χ3n) is 13.9. The molecule has 0 saturated heterocycles. The standard InChI is InChI=1S/C63H41N/c1-3-18-42(19-4-1)49-24-9-10-28-56(49)62-51(43-20-5-2-6-21-43)29-17-33-61(62)64(46-36-38-50-45(40-46)35-34-44-22-7-8-23-48(44)50)47-37-39-55-54-27-13-16-32-59(54)63(60(55)41-47)57-30-14-11-25-52(57)53-26-12-15-31-58(53)63/h1-41H. The zero-order chi connectivity index (χ0) is 42.2. The molecule has 1 spiro atoms. The van der Waals surface area contributed by atoms with E-state index in [1.54, 1.807) is 0 Å². The smallest absolute Gasteiger partial charge is 0.0726 e. The highest BCUT2D eigenvalue weighted by molar-refractivity contribution is 6.09. The summed E-state index contributed by atoms with van der Waals surface area (Å²) in [6.07, 6.45) is 0. The molecule has 0 atom stereocenters. The molecule has 298 valence electrons. The molecule has 0 fully saturated rings. The summed E-state index contributed by atoms with van der Waals surface area (Å²) in [7, 11) is 0. The molecule has 2 aliphatic rings. The Morgan fingerprint density at radius 3 is 1.41 bits per heavy atom. The van der Waals surface area contributed by atoms with E-state index in [2.05, 4.69) is 254 Å². The van der Waals surface area contributed by atoms with E-state index in [1.807, 2.05) is 0 Å². The van der Waals surface area contributed by atoms with Gasteiger partial charge in [0.05, 0.1) is 11.1 Å². The Morgan fingerprint density at radius 1 is 0.266 bits per heavy atom. The van der Waals surface area contributed by atoms with Gasteiger partial charge in [-0.3, -0.25) is 0 Å². The van der Waals surface area contributed by atoms with Crippen LogP contribution in [-0.2, 0) is 5.41 Å². The molecule has 0 heterocycles. The van der Waals surface area contributed by atoms with Crippen molar-refractivity contribution in [2.75, 3.05) is 4.90 Å². The number of benzene rings is 11. The molecule has 0 radical (unpaired) electrons. The van der Waals surface area contributed by atoms with Crippen LogP contribution in [0.2, 0.25) is 0 Å². The van der Waals surface area contributed by atoms with Crippen molar-refractivity contribution in [3.8, 4) is 55.6 Å². The minimum absolute atomic E-state index is 0.474. The van der Waals surface area contributed by atoms with Gasteiger partial charge in [-0.2, -0.15) is 0 Å². The molecule has 0 aliphatic heterocycles. The lowest BCUT2D eigenvalue weighted by atomic mass is 9.70. The van der Waals surface area contributed by atoms with Crippen LogP contribution >= 0.6 is 0 Å². The van der Waals surface area contributed by atoms with Crippen molar-refractivity contribution in [2.24, 2.45) is 0 Å². The molecule has 2 aliphatic carbocycles. The summed E-state index contributed by atoms with van der Waals surface area (Å²) < 4.78 is 0. The summed E-state index contributed by atoms with van der Waals surface area (Å²) in [6.45, 7) is 0. The fraction of sp³-hybridized carbons (Fsp3) is 0.0159. The van der Waals surface area contributed by atoms with E-state index in [4.69, 9.17) is 0 Å². The van der Waals surface area contributed by atoms with E-state index in [9.17, 15) is 0 Å². The average molecular weight is 812 g/mol. The molecule has 1 heteroatoms. The number of nitrogens with zero attached hydrogens (tertiary/aromatic N) is 1. The third-order valence-corrected chi connectivity index (χ3v) is 13.9. The monoisotopic (exact) mass is 811 g/mol. The minimum atomic E-state index is -0.474. The van der Waals surface area contributed by atoms with Gasteiger partial charge in [0.1, 0.15) is 0 Å². The van der Waals surface area contributed by atoms with Crippen LogP contribution in [0.3, 0.4) is 0 Å². The molecule has 11 aromatic rings. The van der Waals surface area contributed by atoms with E-state index < -0.39 is 5.41 Å². The maximum Gasteiger partial charge on any atom is 0.0726 e. The molecule has 0 unspecified atom stereocenters. The number of fused-ring (bicyclic) bond motifs is 13. The second-order valence-electron chi connectivity index (χ2n) is 17.1. The van der Waals surface area contributed by atoms with Crippen molar-refractivity contribution in [3.63, 3.8) is 0 Å². The fourth-order valence-electron chi connectivity index (χ4n) is 11.2. The first kappa shape index (κ1) is 36.4. The van der Waals surface area contributed by atoms with Gasteiger partial charge in [-0.15, -0.1) is 0 Å².